The summed E-state index contributed by atoms with van der Waals surface area (Å²) in [4.78, 5) is 4.19. The minimum atomic E-state index is -0.254. The Morgan fingerprint density at radius 2 is 2.11 bits per heavy atom. The summed E-state index contributed by atoms with van der Waals surface area (Å²) in [6, 6.07) is 8.66. The van der Waals surface area contributed by atoms with E-state index in [2.05, 4.69) is 4.98 Å². The molecule has 2 rings (SSSR count). The molecule has 18 heavy (non-hydrogen) atoms. The maximum Gasteiger partial charge on any atom is 0.127 e. The molecule has 0 saturated heterocycles. The maximum atomic E-state index is 13.3. The van der Waals surface area contributed by atoms with Gasteiger partial charge in [0, 0.05) is 24.1 Å². The summed E-state index contributed by atoms with van der Waals surface area (Å²) < 4.78 is 13.3. The molecule has 0 amide bonds. The van der Waals surface area contributed by atoms with Crippen LogP contribution in [0.2, 0.25) is 5.02 Å². The molecule has 94 valence electrons. The van der Waals surface area contributed by atoms with Crippen LogP contribution in [-0.4, -0.2) is 4.98 Å². The van der Waals surface area contributed by atoms with Crippen LogP contribution in [0.3, 0.4) is 0 Å². The zero-order valence-electron chi connectivity index (χ0n) is 9.57. The fourth-order valence-corrected chi connectivity index (χ4v) is 2.38. The molecular formula is C13H12ClFN2S. The molecule has 0 aliphatic heterocycles. The summed E-state index contributed by atoms with van der Waals surface area (Å²) >= 11 is 7.33. The van der Waals surface area contributed by atoms with Gasteiger partial charge in [0.05, 0.1) is 10.0 Å². The average molecular weight is 283 g/mol. The van der Waals surface area contributed by atoms with E-state index in [9.17, 15) is 4.39 Å². The molecule has 0 aliphatic carbocycles. The minimum absolute atomic E-state index is 0.212. The Morgan fingerprint density at radius 3 is 2.78 bits per heavy atom. The van der Waals surface area contributed by atoms with Gasteiger partial charge < -0.3 is 5.73 Å². The fraction of sp³-hybridized carbons (Fsp3) is 0.154. The molecule has 2 N–H and O–H groups in total. The van der Waals surface area contributed by atoms with E-state index in [0.717, 1.165) is 16.3 Å². The van der Waals surface area contributed by atoms with Gasteiger partial charge in [-0.15, -0.1) is 11.8 Å². The van der Waals surface area contributed by atoms with Crippen molar-refractivity contribution in [3.8, 4) is 0 Å². The van der Waals surface area contributed by atoms with Crippen LogP contribution in [0.1, 0.15) is 11.1 Å². The van der Waals surface area contributed by atoms with Crippen molar-refractivity contribution in [1.29, 1.82) is 0 Å². The monoisotopic (exact) mass is 282 g/mol. The molecule has 0 aliphatic rings. The summed E-state index contributed by atoms with van der Waals surface area (Å²) in [5.74, 6) is 0.470. The van der Waals surface area contributed by atoms with Crippen molar-refractivity contribution < 1.29 is 4.39 Å². The number of hydrogen-bond donors (Lipinski definition) is 1. The van der Waals surface area contributed by atoms with Crippen LogP contribution in [0.25, 0.3) is 0 Å². The van der Waals surface area contributed by atoms with E-state index in [1.807, 2.05) is 6.07 Å². The van der Waals surface area contributed by atoms with Crippen molar-refractivity contribution in [2.24, 2.45) is 5.73 Å². The lowest BCUT2D eigenvalue weighted by Crippen LogP contribution is -2.00. The van der Waals surface area contributed by atoms with Gasteiger partial charge in [-0.25, -0.2) is 9.37 Å². The van der Waals surface area contributed by atoms with Crippen LogP contribution in [-0.2, 0) is 12.3 Å². The highest BCUT2D eigenvalue weighted by Crippen LogP contribution is 2.22. The second-order valence-electron chi connectivity index (χ2n) is 3.73. The number of rotatable bonds is 4. The lowest BCUT2D eigenvalue weighted by molar-refractivity contribution is 0.610. The Balaban J connectivity index is 2.04. The molecule has 0 saturated carbocycles. The lowest BCUT2D eigenvalue weighted by atomic mass is 10.1. The van der Waals surface area contributed by atoms with Crippen LogP contribution >= 0.6 is 23.4 Å². The van der Waals surface area contributed by atoms with Gasteiger partial charge >= 0.3 is 0 Å². The number of halogens is 2. The van der Waals surface area contributed by atoms with Crippen molar-refractivity contribution in [2.75, 3.05) is 0 Å². The number of aromatic nitrogens is 1. The van der Waals surface area contributed by atoms with E-state index < -0.39 is 0 Å². The van der Waals surface area contributed by atoms with Gasteiger partial charge in [-0.2, -0.15) is 0 Å². The van der Waals surface area contributed by atoms with Gasteiger partial charge in [0.15, 0.2) is 0 Å². The lowest BCUT2D eigenvalue weighted by Gasteiger charge is -2.05. The SMILES string of the molecule is NCc1cc(CSc2ccc(Cl)cn2)ccc1F. The largest absolute Gasteiger partial charge is 0.326 e. The topological polar surface area (TPSA) is 38.9 Å². The van der Waals surface area contributed by atoms with E-state index in [-0.39, 0.29) is 12.4 Å². The van der Waals surface area contributed by atoms with Crippen molar-refractivity contribution in [3.05, 3.63) is 58.5 Å². The van der Waals surface area contributed by atoms with Crippen LogP contribution in [0.4, 0.5) is 4.39 Å². The van der Waals surface area contributed by atoms with E-state index in [0.29, 0.717) is 10.6 Å². The minimum Gasteiger partial charge on any atom is -0.326 e. The van der Waals surface area contributed by atoms with Crippen LogP contribution < -0.4 is 5.73 Å². The van der Waals surface area contributed by atoms with Gasteiger partial charge in [-0.1, -0.05) is 23.7 Å². The van der Waals surface area contributed by atoms with Gasteiger partial charge in [0.1, 0.15) is 5.82 Å². The molecule has 2 nitrogen and oxygen atoms in total. The summed E-state index contributed by atoms with van der Waals surface area (Å²) in [6.45, 7) is 0.212. The van der Waals surface area contributed by atoms with Crippen LogP contribution in [0, 0.1) is 5.82 Å². The molecule has 0 atom stereocenters. The van der Waals surface area contributed by atoms with Gasteiger partial charge in [-0.3, -0.25) is 0 Å². The first-order valence-electron chi connectivity index (χ1n) is 5.41. The highest BCUT2D eigenvalue weighted by molar-refractivity contribution is 7.98. The van der Waals surface area contributed by atoms with E-state index >= 15 is 0 Å². The van der Waals surface area contributed by atoms with E-state index in [1.165, 1.54) is 6.07 Å². The third-order valence-electron chi connectivity index (χ3n) is 2.42. The van der Waals surface area contributed by atoms with Crippen molar-refractivity contribution in [1.82, 2.24) is 4.98 Å². The number of pyridine rings is 1. The molecule has 1 aromatic heterocycles. The highest BCUT2D eigenvalue weighted by atomic mass is 35.5. The van der Waals surface area contributed by atoms with E-state index in [4.69, 9.17) is 17.3 Å². The Labute approximate surface area is 114 Å². The smallest absolute Gasteiger partial charge is 0.127 e. The number of benzene rings is 1. The van der Waals surface area contributed by atoms with Crippen molar-refractivity contribution in [2.45, 2.75) is 17.3 Å². The zero-order valence-corrected chi connectivity index (χ0v) is 11.1. The first-order valence-corrected chi connectivity index (χ1v) is 6.77. The Morgan fingerprint density at radius 1 is 1.28 bits per heavy atom. The predicted molar refractivity (Wildman–Crippen MR) is 73.1 cm³/mol. The number of nitrogens with zero attached hydrogens (tertiary/aromatic N) is 1. The molecule has 0 fully saturated rings. The number of hydrogen-bond acceptors (Lipinski definition) is 3. The normalized spacial score (nSPS) is 10.6. The molecule has 0 bridgehead atoms. The Kier molecular flexibility index (Phi) is 4.58. The Hall–Kier alpha value is -1.10. The second kappa shape index (κ2) is 6.18. The van der Waals surface area contributed by atoms with Crippen LogP contribution in [0.5, 0.6) is 0 Å². The molecule has 2 aromatic rings. The standard InChI is InChI=1S/C13H12ClFN2S/c14-11-2-4-13(17-7-11)18-8-9-1-3-12(15)10(5-9)6-16/h1-5,7H,6,8,16H2. The first kappa shape index (κ1) is 13.3. The molecule has 0 unspecified atom stereocenters. The third-order valence-corrected chi connectivity index (χ3v) is 3.66. The Bertz CT molecular complexity index is 531. The summed E-state index contributed by atoms with van der Waals surface area (Å²) in [6.07, 6.45) is 1.61. The summed E-state index contributed by atoms with van der Waals surface area (Å²) in [5, 5.41) is 1.50. The number of thioether (sulfide) groups is 1. The van der Waals surface area contributed by atoms with Gasteiger partial charge in [-0.05, 0) is 23.8 Å². The molecular weight excluding hydrogens is 271 g/mol. The molecule has 5 heteroatoms. The van der Waals surface area contributed by atoms with E-state index in [1.54, 1.807) is 36.2 Å². The quantitative estimate of drug-likeness (QED) is 0.871. The molecule has 1 heterocycles. The highest BCUT2D eigenvalue weighted by Gasteiger charge is 2.03. The third kappa shape index (κ3) is 3.45. The number of nitrogens with two attached hydrogens (primary N) is 1. The molecule has 0 spiro atoms. The van der Waals surface area contributed by atoms with Crippen molar-refractivity contribution in [3.63, 3.8) is 0 Å². The first-order chi connectivity index (χ1) is 8.69. The molecule has 0 radical (unpaired) electrons. The molecule has 1 aromatic carbocycles. The van der Waals surface area contributed by atoms with Crippen molar-refractivity contribution >= 4 is 23.4 Å². The predicted octanol–water partition coefficient (Wildman–Crippen LogP) is 3.63. The maximum absolute atomic E-state index is 13.3. The zero-order chi connectivity index (χ0) is 13.0. The van der Waals surface area contributed by atoms with Gasteiger partial charge in [0.2, 0.25) is 0 Å². The fourth-order valence-electron chi connectivity index (χ4n) is 1.48. The summed E-state index contributed by atoms with van der Waals surface area (Å²) in [5.41, 5.74) is 7.04. The average Bonchev–Trinajstić information content (AvgIpc) is 2.39. The van der Waals surface area contributed by atoms with Gasteiger partial charge in [0.25, 0.3) is 0 Å². The van der Waals surface area contributed by atoms with Crippen LogP contribution in [0.15, 0.2) is 41.6 Å². The summed E-state index contributed by atoms with van der Waals surface area (Å²) in [7, 11) is 0. The second-order valence-corrected chi connectivity index (χ2v) is 5.17.